The third-order valence-electron chi connectivity index (χ3n) is 3.38. The summed E-state index contributed by atoms with van der Waals surface area (Å²) in [6.45, 7) is 4.42. The fraction of sp³-hybridized carbons (Fsp3) is 0.211. The highest BCUT2D eigenvalue weighted by molar-refractivity contribution is 6.00. The molecule has 5 nitrogen and oxygen atoms in total. The summed E-state index contributed by atoms with van der Waals surface area (Å²) in [5.41, 5.74) is 2.18. The molecule has 0 heterocycles. The molecule has 0 aromatic heterocycles. The van der Waals surface area contributed by atoms with Crippen molar-refractivity contribution in [3.05, 3.63) is 64.5 Å². The summed E-state index contributed by atoms with van der Waals surface area (Å²) in [6.07, 6.45) is 0. The van der Waals surface area contributed by atoms with Crippen molar-refractivity contribution < 1.29 is 23.5 Å². The molecule has 0 atom stereocenters. The van der Waals surface area contributed by atoms with E-state index >= 15 is 0 Å². The number of hydrogen-bond donors (Lipinski definition) is 1. The lowest BCUT2D eigenvalue weighted by Gasteiger charge is -2.08. The second-order valence-corrected chi connectivity index (χ2v) is 5.75. The number of hydrogen-bond acceptors (Lipinski definition) is 4. The largest absolute Gasteiger partial charge is 0.454 e. The van der Waals surface area contributed by atoms with E-state index in [1.54, 1.807) is 12.1 Å². The zero-order chi connectivity index (χ0) is 18.6. The average Bonchev–Trinajstić information content (AvgIpc) is 2.50. The van der Waals surface area contributed by atoms with Crippen molar-refractivity contribution in [1.29, 1.82) is 0 Å². The molecule has 0 unspecified atom stereocenters. The summed E-state index contributed by atoms with van der Waals surface area (Å²) < 4.78 is 19.0. The Morgan fingerprint density at radius 1 is 1.04 bits per heavy atom. The summed E-state index contributed by atoms with van der Waals surface area (Å²) in [6, 6.07) is 8.91. The number of carbonyl (C=O) groups is 3. The number of aryl methyl sites for hydroxylation is 2. The summed E-state index contributed by atoms with van der Waals surface area (Å²) in [5, 5.41) is 2.42. The first-order chi connectivity index (χ1) is 11.8. The predicted molar refractivity (Wildman–Crippen MR) is 91.2 cm³/mol. The fourth-order valence-corrected chi connectivity index (χ4v) is 2.41. The number of carbonyl (C=O) groups excluding carboxylic acids is 3. The third-order valence-corrected chi connectivity index (χ3v) is 3.38. The highest BCUT2D eigenvalue weighted by Gasteiger charge is 2.16. The molecule has 130 valence electrons. The molecule has 25 heavy (non-hydrogen) atoms. The van der Waals surface area contributed by atoms with E-state index in [9.17, 15) is 18.8 Å². The van der Waals surface area contributed by atoms with Crippen LogP contribution in [0.2, 0.25) is 0 Å². The highest BCUT2D eigenvalue weighted by Crippen LogP contribution is 2.16. The third kappa shape index (κ3) is 4.97. The van der Waals surface area contributed by atoms with Gasteiger partial charge in [0.2, 0.25) is 11.7 Å². The lowest BCUT2D eigenvalue weighted by molar-refractivity contribution is -0.114. The first kappa shape index (κ1) is 18.3. The molecule has 1 N–H and O–H groups in total. The fourth-order valence-electron chi connectivity index (χ4n) is 2.41. The number of benzene rings is 2. The molecule has 0 spiro atoms. The first-order valence-electron chi connectivity index (χ1n) is 7.62. The molecule has 0 fully saturated rings. The van der Waals surface area contributed by atoms with E-state index in [1.807, 2.05) is 19.9 Å². The van der Waals surface area contributed by atoms with E-state index in [0.717, 1.165) is 17.2 Å². The maximum Gasteiger partial charge on any atom is 0.338 e. The van der Waals surface area contributed by atoms with Crippen LogP contribution in [0.1, 0.15) is 38.8 Å². The van der Waals surface area contributed by atoms with E-state index in [0.29, 0.717) is 5.56 Å². The van der Waals surface area contributed by atoms with Crippen LogP contribution in [-0.2, 0) is 9.53 Å². The number of nitrogens with one attached hydrogen (secondary N) is 1. The number of Topliss-reactive ketones (excluding diaryl/α,β-unsaturated/α-hetero) is 1. The van der Waals surface area contributed by atoms with E-state index in [2.05, 4.69) is 5.32 Å². The van der Waals surface area contributed by atoms with E-state index in [4.69, 9.17) is 4.74 Å². The van der Waals surface area contributed by atoms with Crippen molar-refractivity contribution >= 4 is 23.3 Å². The molecule has 0 saturated carbocycles. The van der Waals surface area contributed by atoms with Gasteiger partial charge in [0.25, 0.3) is 0 Å². The first-order valence-corrected chi connectivity index (χ1v) is 7.62. The molecule has 0 aliphatic rings. The van der Waals surface area contributed by atoms with Crippen LogP contribution in [0.3, 0.4) is 0 Å². The molecule has 2 aromatic rings. The summed E-state index contributed by atoms with van der Waals surface area (Å²) >= 11 is 0. The molecule has 2 aromatic carbocycles. The van der Waals surface area contributed by atoms with E-state index < -0.39 is 24.2 Å². The molecule has 0 aliphatic carbocycles. The average molecular weight is 343 g/mol. The minimum absolute atomic E-state index is 0.206. The Morgan fingerprint density at radius 2 is 1.68 bits per heavy atom. The van der Waals surface area contributed by atoms with Crippen molar-refractivity contribution in [2.75, 3.05) is 11.9 Å². The molecule has 1 amide bonds. The van der Waals surface area contributed by atoms with Crippen LogP contribution in [0.25, 0.3) is 0 Å². The number of rotatable bonds is 5. The smallest absolute Gasteiger partial charge is 0.338 e. The molecule has 0 bridgehead atoms. The monoisotopic (exact) mass is 343 g/mol. The Hall–Kier alpha value is -3.02. The van der Waals surface area contributed by atoms with Gasteiger partial charge in [-0.05, 0) is 44.2 Å². The van der Waals surface area contributed by atoms with Gasteiger partial charge in [-0.25, -0.2) is 9.18 Å². The SMILES string of the molecule is CC(=O)Nc1ccc(C(=O)COC(=O)c2cc(C)cc(C)c2)c(F)c1. The number of anilines is 1. The Kier molecular flexibility index (Phi) is 5.64. The van der Waals surface area contributed by atoms with Gasteiger partial charge in [-0.3, -0.25) is 9.59 Å². The summed E-state index contributed by atoms with van der Waals surface area (Å²) in [5.74, 6) is -2.44. The van der Waals surface area contributed by atoms with Gasteiger partial charge in [0.1, 0.15) is 5.82 Å². The molecule has 0 aliphatic heterocycles. The summed E-state index contributed by atoms with van der Waals surface area (Å²) in [4.78, 5) is 35.0. The van der Waals surface area contributed by atoms with Crippen LogP contribution in [0.15, 0.2) is 36.4 Å². The van der Waals surface area contributed by atoms with Crippen LogP contribution in [0, 0.1) is 19.7 Å². The Balaban J connectivity index is 2.04. The number of ketones is 1. The topological polar surface area (TPSA) is 72.5 Å². The maximum absolute atomic E-state index is 14.0. The van der Waals surface area contributed by atoms with Crippen molar-refractivity contribution in [3.63, 3.8) is 0 Å². The molecule has 0 saturated heterocycles. The molecule has 0 radical (unpaired) electrons. The van der Waals surface area contributed by atoms with Crippen molar-refractivity contribution in [3.8, 4) is 0 Å². The van der Waals surface area contributed by atoms with Gasteiger partial charge in [-0.2, -0.15) is 0 Å². The van der Waals surface area contributed by atoms with Gasteiger partial charge >= 0.3 is 5.97 Å². The molecule has 2 rings (SSSR count). The van der Waals surface area contributed by atoms with E-state index in [-0.39, 0.29) is 17.2 Å². The van der Waals surface area contributed by atoms with Gasteiger partial charge in [0.05, 0.1) is 11.1 Å². The Morgan fingerprint density at radius 3 is 2.24 bits per heavy atom. The number of ether oxygens (including phenoxy) is 1. The maximum atomic E-state index is 14.0. The number of esters is 1. The molecular weight excluding hydrogens is 325 g/mol. The minimum Gasteiger partial charge on any atom is -0.454 e. The van der Waals surface area contributed by atoms with Gasteiger partial charge in [0.15, 0.2) is 6.61 Å². The number of amides is 1. The molecular formula is C19H18FNO4. The van der Waals surface area contributed by atoms with E-state index in [1.165, 1.54) is 19.1 Å². The highest BCUT2D eigenvalue weighted by atomic mass is 19.1. The van der Waals surface area contributed by atoms with Crippen molar-refractivity contribution in [2.24, 2.45) is 0 Å². The van der Waals surface area contributed by atoms with Gasteiger partial charge in [0, 0.05) is 12.6 Å². The van der Waals surface area contributed by atoms with Crippen molar-refractivity contribution in [2.45, 2.75) is 20.8 Å². The van der Waals surface area contributed by atoms with Crippen LogP contribution < -0.4 is 5.32 Å². The van der Waals surface area contributed by atoms with Crippen LogP contribution in [-0.4, -0.2) is 24.3 Å². The van der Waals surface area contributed by atoms with Gasteiger partial charge < -0.3 is 10.1 Å². The lowest BCUT2D eigenvalue weighted by Crippen LogP contribution is -2.16. The number of halogens is 1. The standard InChI is InChI=1S/C19H18FNO4/c1-11-6-12(2)8-14(7-11)19(24)25-10-18(23)16-5-4-15(9-17(16)20)21-13(3)22/h4-9H,10H2,1-3H3,(H,21,22). The lowest BCUT2D eigenvalue weighted by atomic mass is 10.1. The van der Waals surface area contributed by atoms with Gasteiger partial charge in [-0.15, -0.1) is 0 Å². The Bertz CT molecular complexity index is 825. The van der Waals surface area contributed by atoms with Crippen molar-refractivity contribution in [1.82, 2.24) is 0 Å². The molecule has 6 heteroatoms. The second kappa shape index (κ2) is 7.70. The Labute approximate surface area is 144 Å². The predicted octanol–water partition coefficient (Wildman–Crippen LogP) is 3.44. The second-order valence-electron chi connectivity index (χ2n) is 5.75. The minimum atomic E-state index is -0.793. The quantitative estimate of drug-likeness (QED) is 0.667. The van der Waals surface area contributed by atoms with Gasteiger partial charge in [-0.1, -0.05) is 17.2 Å². The zero-order valence-electron chi connectivity index (χ0n) is 14.2. The van der Waals surface area contributed by atoms with Crippen LogP contribution >= 0.6 is 0 Å². The van der Waals surface area contributed by atoms with Crippen LogP contribution in [0.5, 0.6) is 0 Å². The zero-order valence-corrected chi connectivity index (χ0v) is 14.2. The normalized spacial score (nSPS) is 10.2. The summed E-state index contributed by atoms with van der Waals surface area (Å²) in [7, 11) is 0. The van der Waals surface area contributed by atoms with Crippen LogP contribution in [0.4, 0.5) is 10.1 Å².